The molecule has 1 unspecified atom stereocenters. The van der Waals surface area contributed by atoms with E-state index in [1.54, 1.807) is 0 Å². The van der Waals surface area contributed by atoms with Gasteiger partial charge in [0.15, 0.2) is 5.96 Å². The maximum absolute atomic E-state index is 6.74. The lowest BCUT2D eigenvalue weighted by Crippen LogP contribution is -2.36. The van der Waals surface area contributed by atoms with Crippen LogP contribution in [0.2, 0.25) is 0 Å². The van der Waals surface area contributed by atoms with Crippen molar-refractivity contribution < 1.29 is 0 Å². The Morgan fingerprint density at radius 3 is 2.62 bits per heavy atom. The molecule has 3 nitrogen and oxygen atoms in total. The van der Waals surface area contributed by atoms with E-state index >= 15 is 0 Å². The van der Waals surface area contributed by atoms with Crippen LogP contribution in [0.1, 0.15) is 13.3 Å². The van der Waals surface area contributed by atoms with Gasteiger partial charge < -0.3 is 11.1 Å². The minimum absolute atomic E-state index is 0.0250. The Balaban J connectivity index is 3.24. The summed E-state index contributed by atoms with van der Waals surface area (Å²) in [6.07, 6.45) is 0.500. The number of hydrogen-bond acceptors (Lipinski definition) is 1. The zero-order chi connectivity index (χ0) is 6.57. The average Bonchev–Trinajstić information content (AvgIpc) is 1.65. The van der Waals surface area contributed by atoms with Crippen LogP contribution in [0.4, 0.5) is 0 Å². The van der Waals surface area contributed by atoms with Crippen LogP contribution in [0, 0.1) is 12.3 Å². The molecule has 3 heteroatoms. The fourth-order valence-corrected chi connectivity index (χ4v) is 0.324. The third kappa shape index (κ3) is 3.46. The molecule has 8 heavy (non-hydrogen) atoms. The minimum atomic E-state index is -0.0250. The summed E-state index contributed by atoms with van der Waals surface area (Å²) in [7, 11) is 0. The third-order valence-corrected chi connectivity index (χ3v) is 0.755. The summed E-state index contributed by atoms with van der Waals surface area (Å²) >= 11 is 0. The molecule has 0 aromatic carbocycles. The van der Waals surface area contributed by atoms with Crippen molar-refractivity contribution in [1.82, 2.24) is 5.32 Å². The van der Waals surface area contributed by atoms with Crippen molar-refractivity contribution >= 4 is 5.96 Å². The van der Waals surface area contributed by atoms with E-state index in [0.29, 0.717) is 6.42 Å². The highest BCUT2D eigenvalue weighted by molar-refractivity contribution is 5.74. The molecule has 0 saturated heterocycles. The molecule has 0 saturated carbocycles. The van der Waals surface area contributed by atoms with Crippen LogP contribution in [-0.2, 0) is 0 Å². The smallest absolute Gasteiger partial charge is 0.185 e. The highest BCUT2D eigenvalue weighted by Crippen LogP contribution is 1.83. The van der Waals surface area contributed by atoms with Gasteiger partial charge in [-0.2, -0.15) is 0 Å². The second-order valence-electron chi connectivity index (χ2n) is 1.69. The van der Waals surface area contributed by atoms with Gasteiger partial charge in [-0.1, -0.05) is 0 Å². The topological polar surface area (TPSA) is 61.9 Å². The van der Waals surface area contributed by atoms with Crippen LogP contribution in [0.3, 0.4) is 0 Å². The van der Waals surface area contributed by atoms with Crippen LogP contribution in [0.25, 0.3) is 0 Å². The summed E-state index contributed by atoms with van der Waals surface area (Å²) < 4.78 is 0. The molecule has 0 aliphatic carbocycles. The SMILES string of the molecule is [CH]CC(C)NC(=N)N. The predicted octanol–water partition coefficient (Wildman–Crippen LogP) is -0.0408. The van der Waals surface area contributed by atoms with E-state index in [0.717, 1.165) is 0 Å². The quantitative estimate of drug-likeness (QED) is 0.347. The molecular formula is C5H11N3. The van der Waals surface area contributed by atoms with Gasteiger partial charge in [-0.15, -0.1) is 0 Å². The number of nitrogens with two attached hydrogens (primary N) is 1. The molecule has 1 atom stereocenters. The summed E-state index contributed by atoms with van der Waals surface area (Å²) in [5.41, 5.74) is 4.99. The molecule has 0 amide bonds. The molecule has 2 radical (unpaired) electrons. The summed E-state index contributed by atoms with van der Waals surface area (Å²) in [5, 5.41) is 9.37. The van der Waals surface area contributed by atoms with E-state index < -0.39 is 0 Å². The van der Waals surface area contributed by atoms with Gasteiger partial charge in [0.05, 0.1) is 0 Å². The molecule has 0 aromatic heterocycles. The van der Waals surface area contributed by atoms with Crippen LogP contribution < -0.4 is 11.1 Å². The molecule has 0 rings (SSSR count). The van der Waals surface area contributed by atoms with Crippen LogP contribution in [0.5, 0.6) is 0 Å². The Bertz CT molecular complexity index is 79.7. The van der Waals surface area contributed by atoms with Crippen molar-refractivity contribution in [2.45, 2.75) is 19.4 Å². The average molecular weight is 113 g/mol. The lowest BCUT2D eigenvalue weighted by atomic mass is 10.3. The minimum Gasteiger partial charge on any atom is -0.370 e. The molecular weight excluding hydrogens is 102 g/mol. The Kier molecular flexibility index (Phi) is 2.99. The zero-order valence-electron chi connectivity index (χ0n) is 4.94. The van der Waals surface area contributed by atoms with Gasteiger partial charge in [0, 0.05) is 6.04 Å². The van der Waals surface area contributed by atoms with Crippen LogP contribution in [-0.4, -0.2) is 12.0 Å². The fourth-order valence-electron chi connectivity index (χ4n) is 0.324. The Hall–Kier alpha value is -0.730. The van der Waals surface area contributed by atoms with E-state index in [1.165, 1.54) is 0 Å². The maximum Gasteiger partial charge on any atom is 0.185 e. The monoisotopic (exact) mass is 113 g/mol. The first-order chi connectivity index (χ1) is 3.66. The van der Waals surface area contributed by atoms with E-state index in [9.17, 15) is 0 Å². The van der Waals surface area contributed by atoms with Crippen molar-refractivity contribution in [2.75, 3.05) is 0 Å². The van der Waals surface area contributed by atoms with Gasteiger partial charge in [0.1, 0.15) is 0 Å². The molecule has 0 aliphatic rings. The number of rotatable bonds is 2. The molecule has 46 valence electrons. The van der Waals surface area contributed by atoms with E-state index in [1.807, 2.05) is 6.92 Å². The highest BCUT2D eigenvalue weighted by Gasteiger charge is 1.94. The normalized spacial score (nSPS) is 12.8. The van der Waals surface area contributed by atoms with Gasteiger partial charge >= 0.3 is 0 Å². The first-order valence-corrected chi connectivity index (χ1v) is 2.47. The first-order valence-electron chi connectivity index (χ1n) is 2.47. The second-order valence-corrected chi connectivity index (χ2v) is 1.69. The van der Waals surface area contributed by atoms with Crippen LogP contribution in [0.15, 0.2) is 0 Å². The van der Waals surface area contributed by atoms with Crippen molar-refractivity contribution in [3.8, 4) is 0 Å². The number of hydrogen-bond donors (Lipinski definition) is 3. The van der Waals surface area contributed by atoms with Crippen molar-refractivity contribution in [1.29, 1.82) is 5.41 Å². The van der Waals surface area contributed by atoms with Gasteiger partial charge in [-0.25, -0.2) is 0 Å². The van der Waals surface area contributed by atoms with Crippen LogP contribution >= 0.6 is 0 Å². The number of guanidine groups is 1. The van der Waals surface area contributed by atoms with Gasteiger partial charge in [0.2, 0.25) is 0 Å². The summed E-state index contributed by atoms with van der Waals surface area (Å²) in [5.74, 6) is -0.0250. The lowest BCUT2D eigenvalue weighted by molar-refractivity contribution is 0.666. The molecule has 0 bridgehead atoms. The molecule has 0 fully saturated rings. The van der Waals surface area contributed by atoms with Crippen molar-refractivity contribution in [3.63, 3.8) is 0 Å². The molecule has 0 heterocycles. The Morgan fingerprint density at radius 1 is 2.00 bits per heavy atom. The predicted molar refractivity (Wildman–Crippen MR) is 33.4 cm³/mol. The number of nitrogens with one attached hydrogen (secondary N) is 2. The van der Waals surface area contributed by atoms with Crippen molar-refractivity contribution in [3.05, 3.63) is 6.92 Å². The third-order valence-electron chi connectivity index (χ3n) is 0.755. The summed E-state index contributed by atoms with van der Waals surface area (Å²) in [6.45, 7) is 7.07. The highest BCUT2D eigenvalue weighted by atomic mass is 15.1. The van der Waals surface area contributed by atoms with E-state index in [2.05, 4.69) is 5.32 Å². The van der Waals surface area contributed by atoms with E-state index in [4.69, 9.17) is 18.1 Å². The Morgan fingerprint density at radius 2 is 2.50 bits per heavy atom. The fraction of sp³-hybridized carbons (Fsp3) is 0.600. The van der Waals surface area contributed by atoms with Gasteiger partial charge in [0.25, 0.3) is 0 Å². The Labute approximate surface area is 49.8 Å². The lowest BCUT2D eigenvalue weighted by Gasteiger charge is -2.08. The summed E-state index contributed by atoms with van der Waals surface area (Å²) in [4.78, 5) is 0. The van der Waals surface area contributed by atoms with E-state index in [-0.39, 0.29) is 12.0 Å². The molecule has 0 spiro atoms. The molecule has 4 N–H and O–H groups in total. The summed E-state index contributed by atoms with van der Waals surface area (Å²) in [6, 6.07) is 0.104. The second kappa shape index (κ2) is 3.29. The first kappa shape index (κ1) is 7.27. The van der Waals surface area contributed by atoms with Crippen molar-refractivity contribution in [2.24, 2.45) is 5.73 Å². The maximum atomic E-state index is 6.74. The largest absolute Gasteiger partial charge is 0.370 e. The zero-order valence-corrected chi connectivity index (χ0v) is 4.94. The standard InChI is InChI=1S/C5H11N3/c1-3-4(2)8-5(6)7/h1,4H,3H2,2H3,(H4,6,7,8). The molecule has 0 aromatic rings. The van der Waals surface area contributed by atoms with Gasteiger partial charge in [-0.05, 0) is 20.3 Å². The molecule has 0 aliphatic heterocycles. The van der Waals surface area contributed by atoms with Gasteiger partial charge in [-0.3, -0.25) is 5.41 Å².